The number of aryl methyl sites for hydroxylation is 2. The maximum Gasteiger partial charge on any atom is 0.247 e. The number of aromatic nitrogens is 4. The fourth-order valence-electron chi connectivity index (χ4n) is 5.46. The molecule has 3 aromatic rings. The lowest BCUT2D eigenvalue weighted by Crippen LogP contribution is -2.35. The van der Waals surface area contributed by atoms with Gasteiger partial charge in [-0.15, -0.1) is 5.10 Å². The second kappa shape index (κ2) is 9.82. The molecule has 5 rings (SSSR count). The second-order valence-corrected chi connectivity index (χ2v) is 12.1. The van der Waals surface area contributed by atoms with Gasteiger partial charge in [0.2, 0.25) is 26.8 Å². The van der Waals surface area contributed by atoms with Gasteiger partial charge in [-0.3, -0.25) is 0 Å². The van der Waals surface area contributed by atoms with Crippen LogP contribution < -0.4 is 10.1 Å². The molecule has 36 heavy (non-hydrogen) atoms. The Bertz CT molecular complexity index is 1360. The Balaban J connectivity index is 1.46. The van der Waals surface area contributed by atoms with E-state index >= 15 is 0 Å². The Morgan fingerprint density at radius 2 is 1.92 bits per heavy atom. The van der Waals surface area contributed by atoms with Crippen molar-refractivity contribution >= 4 is 21.5 Å². The standard InChI is InChI=1S/C26H34N6O3S/c1-16-14-17-6-5-7-21(17)24(28-25-29-26(31-30-25)36(4,33)34)23(16)18-12-13-27-22(15-18)35-20-10-8-19(9-11-20)32(2)3/h12-15,19-20H,5-11H2,1-4H3,(H2,28,29,30,31). The smallest absolute Gasteiger partial charge is 0.247 e. The third-order valence-electron chi connectivity index (χ3n) is 7.34. The van der Waals surface area contributed by atoms with Crippen molar-refractivity contribution in [3.8, 4) is 17.0 Å². The number of fused-ring (bicyclic) bond motifs is 1. The topological polar surface area (TPSA) is 113 Å². The van der Waals surface area contributed by atoms with Gasteiger partial charge in [0.05, 0.1) is 5.69 Å². The molecule has 2 aromatic heterocycles. The lowest BCUT2D eigenvalue weighted by Gasteiger charge is -2.32. The molecule has 0 amide bonds. The molecule has 2 heterocycles. The van der Waals surface area contributed by atoms with Gasteiger partial charge in [0, 0.05) is 30.1 Å². The summed E-state index contributed by atoms with van der Waals surface area (Å²) in [5.74, 6) is 0.864. The van der Waals surface area contributed by atoms with Crippen LogP contribution in [0.25, 0.3) is 11.1 Å². The summed E-state index contributed by atoms with van der Waals surface area (Å²) < 4.78 is 30.1. The summed E-state index contributed by atoms with van der Waals surface area (Å²) in [5, 5.41) is 9.83. The molecule has 0 bridgehead atoms. The number of aromatic amines is 1. The first-order valence-corrected chi connectivity index (χ1v) is 14.4. The number of nitrogens with zero attached hydrogens (tertiary/aromatic N) is 4. The summed E-state index contributed by atoms with van der Waals surface area (Å²) >= 11 is 0. The number of benzene rings is 1. The van der Waals surface area contributed by atoms with Crippen molar-refractivity contribution < 1.29 is 13.2 Å². The predicted molar refractivity (Wildman–Crippen MR) is 140 cm³/mol. The van der Waals surface area contributed by atoms with Crippen molar-refractivity contribution in [2.45, 2.75) is 69.2 Å². The molecule has 0 radical (unpaired) electrons. The molecular weight excluding hydrogens is 476 g/mol. The first kappa shape index (κ1) is 24.7. The molecule has 0 aliphatic heterocycles. The second-order valence-electron chi connectivity index (χ2n) is 10.2. The highest BCUT2D eigenvalue weighted by atomic mass is 32.2. The molecule has 2 aliphatic rings. The highest BCUT2D eigenvalue weighted by Crippen LogP contribution is 2.42. The fraction of sp³-hybridized carbons (Fsp3) is 0.500. The summed E-state index contributed by atoms with van der Waals surface area (Å²) in [5.41, 5.74) is 6.61. The molecule has 10 heteroatoms. The summed E-state index contributed by atoms with van der Waals surface area (Å²) in [4.78, 5) is 11.0. The fourth-order valence-corrected chi connectivity index (χ4v) is 5.93. The van der Waals surface area contributed by atoms with E-state index < -0.39 is 9.84 Å². The van der Waals surface area contributed by atoms with E-state index in [2.05, 4.69) is 57.5 Å². The Kier molecular flexibility index (Phi) is 6.74. The van der Waals surface area contributed by atoms with Crippen molar-refractivity contribution in [2.75, 3.05) is 25.7 Å². The third kappa shape index (κ3) is 5.10. The first-order chi connectivity index (χ1) is 17.2. The summed E-state index contributed by atoms with van der Waals surface area (Å²) in [7, 11) is 0.801. The number of H-pyrrole nitrogens is 1. The minimum atomic E-state index is -3.48. The normalized spacial score (nSPS) is 19.9. The highest BCUT2D eigenvalue weighted by Gasteiger charge is 2.26. The van der Waals surface area contributed by atoms with E-state index in [-0.39, 0.29) is 17.2 Å². The Labute approximate surface area is 212 Å². The first-order valence-electron chi connectivity index (χ1n) is 12.5. The van der Waals surface area contributed by atoms with E-state index in [1.165, 1.54) is 11.1 Å². The summed E-state index contributed by atoms with van der Waals surface area (Å²) in [6.45, 7) is 2.10. The number of hydrogen-bond acceptors (Lipinski definition) is 8. The zero-order chi connectivity index (χ0) is 25.4. The number of sulfone groups is 1. The van der Waals surface area contributed by atoms with Gasteiger partial charge in [-0.05, 0) is 94.3 Å². The lowest BCUT2D eigenvalue weighted by atomic mass is 9.92. The number of pyridine rings is 1. The third-order valence-corrected chi connectivity index (χ3v) is 8.22. The Morgan fingerprint density at radius 3 is 2.61 bits per heavy atom. The van der Waals surface area contributed by atoms with E-state index in [9.17, 15) is 8.42 Å². The lowest BCUT2D eigenvalue weighted by molar-refractivity contribution is 0.107. The molecule has 0 atom stereocenters. The van der Waals surface area contributed by atoms with Crippen LogP contribution >= 0.6 is 0 Å². The average Bonchev–Trinajstić information content (AvgIpc) is 3.49. The molecule has 0 saturated heterocycles. The van der Waals surface area contributed by atoms with Gasteiger partial charge < -0.3 is 15.0 Å². The van der Waals surface area contributed by atoms with Crippen LogP contribution in [-0.4, -0.2) is 66.0 Å². The predicted octanol–water partition coefficient (Wildman–Crippen LogP) is 4.06. The van der Waals surface area contributed by atoms with Crippen molar-refractivity contribution in [3.05, 3.63) is 41.1 Å². The van der Waals surface area contributed by atoms with Crippen LogP contribution in [0, 0.1) is 6.92 Å². The molecule has 192 valence electrons. The van der Waals surface area contributed by atoms with Gasteiger partial charge in [-0.1, -0.05) is 6.07 Å². The van der Waals surface area contributed by atoms with Gasteiger partial charge in [-0.2, -0.15) is 4.98 Å². The SMILES string of the molecule is Cc1cc2c(c(Nc3n[nH]c(S(C)(=O)=O)n3)c1-c1ccnc(OC3CCC(N(C)C)CC3)c1)CCC2. The monoisotopic (exact) mass is 510 g/mol. The van der Waals surface area contributed by atoms with Crippen LogP contribution in [-0.2, 0) is 22.7 Å². The Hall–Kier alpha value is -2.98. The maximum atomic E-state index is 11.9. The number of rotatable bonds is 7. The van der Waals surface area contributed by atoms with Crippen molar-refractivity contribution in [3.63, 3.8) is 0 Å². The number of hydrogen-bond donors (Lipinski definition) is 2. The van der Waals surface area contributed by atoms with E-state index in [0.717, 1.165) is 73.6 Å². The maximum absolute atomic E-state index is 11.9. The quantitative estimate of drug-likeness (QED) is 0.489. The van der Waals surface area contributed by atoms with Crippen LogP contribution in [0.5, 0.6) is 5.88 Å². The molecule has 2 aliphatic carbocycles. The Morgan fingerprint density at radius 1 is 1.14 bits per heavy atom. The largest absolute Gasteiger partial charge is 0.474 e. The summed E-state index contributed by atoms with van der Waals surface area (Å²) in [6, 6.07) is 6.87. The van der Waals surface area contributed by atoms with Crippen LogP contribution in [0.1, 0.15) is 48.8 Å². The zero-order valence-corrected chi connectivity index (χ0v) is 22.2. The van der Waals surface area contributed by atoms with E-state index in [0.29, 0.717) is 11.9 Å². The van der Waals surface area contributed by atoms with E-state index in [4.69, 9.17) is 4.74 Å². The summed E-state index contributed by atoms with van der Waals surface area (Å²) in [6.07, 6.45) is 10.4. The van der Waals surface area contributed by atoms with Gasteiger partial charge in [0.1, 0.15) is 6.10 Å². The van der Waals surface area contributed by atoms with Gasteiger partial charge >= 0.3 is 0 Å². The molecule has 2 N–H and O–H groups in total. The molecular formula is C26H34N6O3S. The number of anilines is 2. The molecule has 0 unspecified atom stereocenters. The zero-order valence-electron chi connectivity index (χ0n) is 21.3. The average molecular weight is 511 g/mol. The molecule has 9 nitrogen and oxygen atoms in total. The van der Waals surface area contributed by atoms with Crippen molar-refractivity contribution in [1.29, 1.82) is 0 Å². The molecule has 1 aromatic carbocycles. The van der Waals surface area contributed by atoms with Crippen molar-refractivity contribution in [2.24, 2.45) is 0 Å². The minimum Gasteiger partial charge on any atom is -0.474 e. The number of nitrogens with one attached hydrogen (secondary N) is 2. The van der Waals surface area contributed by atoms with Gasteiger partial charge in [0.25, 0.3) is 0 Å². The van der Waals surface area contributed by atoms with E-state index in [1.807, 2.05) is 12.1 Å². The van der Waals surface area contributed by atoms with Crippen LogP contribution in [0.2, 0.25) is 0 Å². The molecule has 0 spiro atoms. The molecule has 1 saturated carbocycles. The van der Waals surface area contributed by atoms with Crippen molar-refractivity contribution in [1.82, 2.24) is 25.1 Å². The highest BCUT2D eigenvalue weighted by molar-refractivity contribution is 7.90. The van der Waals surface area contributed by atoms with Crippen LogP contribution in [0.4, 0.5) is 11.6 Å². The molecule has 1 fully saturated rings. The van der Waals surface area contributed by atoms with Crippen LogP contribution in [0.15, 0.2) is 29.6 Å². The minimum absolute atomic E-state index is 0.153. The van der Waals surface area contributed by atoms with Crippen LogP contribution in [0.3, 0.4) is 0 Å². The van der Waals surface area contributed by atoms with Gasteiger partial charge in [-0.25, -0.2) is 18.5 Å². The number of ether oxygens (including phenoxy) is 1. The van der Waals surface area contributed by atoms with E-state index in [1.54, 1.807) is 6.20 Å². The van der Waals surface area contributed by atoms with Gasteiger partial charge in [0.15, 0.2) is 0 Å².